The van der Waals surface area contributed by atoms with Crippen LogP contribution in [0.5, 0.6) is 0 Å². The van der Waals surface area contributed by atoms with Crippen LogP contribution in [0, 0.1) is 33.1 Å². The Kier molecular flexibility index (Phi) is 3.96. The maximum absolute atomic E-state index is 9.14. The summed E-state index contributed by atoms with van der Waals surface area (Å²) >= 11 is 0. The van der Waals surface area contributed by atoms with Gasteiger partial charge in [0.1, 0.15) is 0 Å². The number of aryl methyl sites for hydroxylation is 4. The predicted octanol–water partition coefficient (Wildman–Crippen LogP) is 6.98. The fourth-order valence-corrected chi connectivity index (χ4v) is 5.16. The Morgan fingerprint density at radius 2 is 1.10 bits per heavy atom. The van der Waals surface area contributed by atoms with Gasteiger partial charge < -0.3 is 0 Å². The zero-order chi connectivity index (χ0) is 20.3. The van der Waals surface area contributed by atoms with Crippen LogP contribution >= 0.6 is 0 Å². The number of hydrogen-bond acceptors (Lipinski definition) is 1. The molecule has 4 aromatic rings. The van der Waals surface area contributed by atoms with Gasteiger partial charge in [-0.15, -0.1) is 0 Å². The van der Waals surface area contributed by atoms with Crippen molar-refractivity contribution in [1.82, 2.24) is 0 Å². The van der Waals surface area contributed by atoms with Crippen LogP contribution in [-0.4, -0.2) is 5.71 Å². The van der Waals surface area contributed by atoms with Crippen LogP contribution in [-0.2, 0) is 0 Å². The average molecular weight is 376 g/mol. The number of benzene rings is 4. The lowest BCUT2D eigenvalue weighted by Gasteiger charge is -2.34. The highest BCUT2D eigenvalue weighted by atomic mass is 14.5. The van der Waals surface area contributed by atoms with Gasteiger partial charge in [0.15, 0.2) is 0 Å². The van der Waals surface area contributed by atoms with E-state index in [9.17, 15) is 0 Å². The summed E-state index contributed by atoms with van der Waals surface area (Å²) in [5.74, 6) is 0.139. The molecule has 5 rings (SSSR count). The molecule has 1 N–H and O–H groups in total. The Morgan fingerprint density at radius 3 is 1.72 bits per heavy atom. The first kappa shape index (κ1) is 17.9. The molecule has 1 heteroatoms. The first-order valence-corrected chi connectivity index (χ1v) is 10.3. The summed E-state index contributed by atoms with van der Waals surface area (Å²) < 4.78 is 0. The molecule has 142 valence electrons. The molecule has 1 aliphatic carbocycles. The molecule has 0 atom stereocenters. The van der Waals surface area contributed by atoms with Crippen molar-refractivity contribution >= 4 is 16.5 Å². The largest absolute Gasteiger partial charge is 0.300 e. The van der Waals surface area contributed by atoms with Crippen molar-refractivity contribution in [3.8, 4) is 0 Å². The molecular formula is C28H25N. The van der Waals surface area contributed by atoms with Crippen molar-refractivity contribution in [2.75, 3.05) is 0 Å². The first-order valence-electron chi connectivity index (χ1n) is 10.3. The van der Waals surface area contributed by atoms with Crippen LogP contribution in [0.4, 0.5) is 0 Å². The van der Waals surface area contributed by atoms with Crippen molar-refractivity contribution in [2.45, 2.75) is 33.6 Å². The van der Waals surface area contributed by atoms with Crippen molar-refractivity contribution in [3.63, 3.8) is 0 Å². The second-order valence-corrected chi connectivity index (χ2v) is 8.35. The highest BCUT2D eigenvalue weighted by molar-refractivity contribution is 6.17. The summed E-state index contributed by atoms with van der Waals surface area (Å²) in [6, 6.07) is 24.1. The molecule has 0 amide bonds. The van der Waals surface area contributed by atoms with Gasteiger partial charge in [-0.05, 0) is 77.4 Å². The Balaban J connectivity index is 1.97. The minimum absolute atomic E-state index is 0.139. The Hall–Kier alpha value is -3.19. The summed E-state index contributed by atoms with van der Waals surface area (Å²) in [7, 11) is 0. The number of rotatable bonds is 1. The number of nitrogens with one attached hydrogen (secondary N) is 1. The third-order valence-electron chi connectivity index (χ3n) is 6.56. The summed E-state index contributed by atoms with van der Waals surface area (Å²) in [5, 5.41) is 11.7. The van der Waals surface area contributed by atoms with Crippen molar-refractivity contribution in [1.29, 1.82) is 5.41 Å². The molecule has 0 saturated carbocycles. The molecule has 0 aliphatic heterocycles. The SMILES string of the molecule is Cc1ccc(C)c2c1C(=N)c1c(C)ccc(C)c1C2c1cccc2ccccc12. The van der Waals surface area contributed by atoms with E-state index in [-0.39, 0.29) is 5.92 Å². The van der Waals surface area contributed by atoms with E-state index in [4.69, 9.17) is 5.41 Å². The van der Waals surface area contributed by atoms with Crippen LogP contribution in [0.1, 0.15) is 56.0 Å². The van der Waals surface area contributed by atoms with E-state index in [0.717, 1.165) is 11.1 Å². The van der Waals surface area contributed by atoms with Gasteiger partial charge in [0.05, 0.1) is 5.71 Å². The van der Waals surface area contributed by atoms with Gasteiger partial charge in [-0.25, -0.2) is 0 Å². The normalized spacial score (nSPS) is 15.3. The molecule has 0 aromatic heterocycles. The smallest absolute Gasteiger partial charge is 0.0696 e. The monoisotopic (exact) mass is 375 g/mol. The fraction of sp³-hybridized carbons (Fsp3) is 0.179. The van der Waals surface area contributed by atoms with Crippen molar-refractivity contribution in [3.05, 3.63) is 117 Å². The van der Waals surface area contributed by atoms with Crippen LogP contribution in [0.25, 0.3) is 10.8 Å². The van der Waals surface area contributed by atoms with E-state index < -0.39 is 0 Å². The molecule has 4 aromatic carbocycles. The third-order valence-corrected chi connectivity index (χ3v) is 6.56. The Labute approximate surface area is 172 Å². The summed E-state index contributed by atoms with van der Waals surface area (Å²) in [6.45, 7) is 8.67. The van der Waals surface area contributed by atoms with Gasteiger partial charge in [0, 0.05) is 17.0 Å². The van der Waals surface area contributed by atoms with E-state index in [1.54, 1.807) is 0 Å². The molecule has 0 unspecified atom stereocenters. The maximum Gasteiger partial charge on any atom is 0.0696 e. The Bertz CT molecular complexity index is 1240. The van der Waals surface area contributed by atoms with E-state index in [1.807, 2.05) is 0 Å². The van der Waals surface area contributed by atoms with Crippen LogP contribution in [0.15, 0.2) is 66.7 Å². The molecule has 0 saturated heterocycles. The van der Waals surface area contributed by atoms with Crippen LogP contribution < -0.4 is 0 Å². The van der Waals surface area contributed by atoms with Gasteiger partial charge in [-0.1, -0.05) is 66.7 Å². The van der Waals surface area contributed by atoms with E-state index in [2.05, 4.69) is 94.4 Å². The van der Waals surface area contributed by atoms with Gasteiger partial charge in [-0.2, -0.15) is 0 Å². The zero-order valence-electron chi connectivity index (χ0n) is 17.4. The first-order chi connectivity index (χ1) is 14.0. The number of fused-ring (bicyclic) bond motifs is 3. The molecule has 1 aliphatic rings. The Morgan fingerprint density at radius 1 is 0.586 bits per heavy atom. The van der Waals surface area contributed by atoms with Gasteiger partial charge in [0.2, 0.25) is 0 Å². The highest BCUT2D eigenvalue weighted by Crippen LogP contribution is 2.47. The standard InChI is InChI=1S/C28H25N/c1-16-12-14-18(3)25-23(16)27(22-11-7-9-20-8-5-6-10-21(20)22)24-17(2)13-15-19(4)26(24)28(25)29/h5-15,27,29H,1-4H3. The quantitative estimate of drug-likeness (QED) is 0.327. The maximum atomic E-state index is 9.14. The molecule has 0 radical (unpaired) electrons. The summed E-state index contributed by atoms with van der Waals surface area (Å²) in [4.78, 5) is 0. The molecule has 0 bridgehead atoms. The molecule has 0 fully saturated rings. The lowest BCUT2D eigenvalue weighted by molar-refractivity contribution is 0.929. The predicted molar refractivity (Wildman–Crippen MR) is 123 cm³/mol. The fourth-order valence-electron chi connectivity index (χ4n) is 5.16. The van der Waals surface area contributed by atoms with E-state index >= 15 is 0 Å². The van der Waals surface area contributed by atoms with Crippen molar-refractivity contribution < 1.29 is 0 Å². The third kappa shape index (κ3) is 2.50. The van der Waals surface area contributed by atoms with Gasteiger partial charge in [-0.3, -0.25) is 5.41 Å². The molecule has 0 spiro atoms. The summed E-state index contributed by atoms with van der Waals surface area (Å²) in [6.07, 6.45) is 0. The van der Waals surface area contributed by atoms with Crippen molar-refractivity contribution in [2.24, 2.45) is 0 Å². The zero-order valence-corrected chi connectivity index (χ0v) is 17.4. The second kappa shape index (κ2) is 6.42. The molecule has 0 heterocycles. The minimum Gasteiger partial charge on any atom is -0.300 e. The average Bonchev–Trinajstić information content (AvgIpc) is 2.73. The lowest BCUT2D eigenvalue weighted by atomic mass is 9.68. The summed E-state index contributed by atoms with van der Waals surface area (Å²) in [5.41, 5.74) is 11.7. The van der Waals surface area contributed by atoms with Crippen LogP contribution in [0.3, 0.4) is 0 Å². The topological polar surface area (TPSA) is 23.9 Å². The molecular weight excluding hydrogens is 350 g/mol. The van der Waals surface area contributed by atoms with Gasteiger partial charge in [0.25, 0.3) is 0 Å². The highest BCUT2D eigenvalue weighted by Gasteiger charge is 2.35. The van der Waals surface area contributed by atoms with E-state index in [1.165, 1.54) is 49.7 Å². The molecule has 29 heavy (non-hydrogen) atoms. The second-order valence-electron chi connectivity index (χ2n) is 8.35. The number of hydrogen-bond donors (Lipinski definition) is 1. The molecule has 1 nitrogen and oxygen atoms in total. The van der Waals surface area contributed by atoms with Crippen LogP contribution in [0.2, 0.25) is 0 Å². The van der Waals surface area contributed by atoms with Gasteiger partial charge >= 0.3 is 0 Å². The minimum atomic E-state index is 0.139. The van der Waals surface area contributed by atoms with E-state index in [0.29, 0.717) is 5.71 Å². The lowest BCUT2D eigenvalue weighted by Crippen LogP contribution is -2.25.